The van der Waals surface area contributed by atoms with E-state index in [1.807, 2.05) is 0 Å². The molecule has 0 spiro atoms. The summed E-state index contributed by atoms with van der Waals surface area (Å²) in [5.41, 5.74) is 0.331. The van der Waals surface area contributed by atoms with Gasteiger partial charge in [-0.15, -0.1) is 0 Å². The fourth-order valence-corrected chi connectivity index (χ4v) is 2.00. The number of nitrogens with one attached hydrogen (secondary N) is 1. The lowest BCUT2D eigenvalue weighted by Gasteiger charge is -2.17. The van der Waals surface area contributed by atoms with Crippen LogP contribution in [-0.4, -0.2) is 48.7 Å². The van der Waals surface area contributed by atoms with E-state index in [1.54, 1.807) is 31.4 Å². The number of likely N-dealkylation sites (N-methyl/N-ethyl adjacent to an activating group) is 1. The molecule has 10 heteroatoms. The lowest BCUT2D eigenvalue weighted by molar-refractivity contribution is -0.384. The van der Waals surface area contributed by atoms with Gasteiger partial charge < -0.3 is 19.7 Å². The summed E-state index contributed by atoms with van der Waals surface area (Å²) >= 11 is 0. The zero-order chi connectivity index (χ0) is 18.4. The van der Waals surface area contributed by atoms with E-state index in [0.29, 0.717) is 11.4 Å². The number of hydrogen-bond donors (Lipinski definition) is 1. The Morgan fingerprint density at radius 2 is 2.16 bits per heavy atom. The van der Waals surface area contributed by atoms with E-state index in [-0.39, 0.29) is 24.0 Å². The molecule has 25 heavy (non-hydrogen) atoms. The van der Waals surface area contributed by atoms with Gasteiger partial charge in [-0.1, -0.05) is 6.07 Å². The number of rotatable bonds is 7. The molecule has 0 bridgehead atoms. The van der Waals surface area contributed by atoms with Crippen LogP contribution in [0, 0.1) is 10.1 Å². The maximum atomic E-state index is 11.4. The molecule has 10 nitrogen and oxygen atoms in total. The highest BCUT2D eigenvalue weighted by atomic mass is 16.6. The Hall–Kier alpha value is -3.43. The zero-order valence-electron chi connectivity index (χ0n) is 13.9. The molecule has 0 unspecified atom stereocenters. The number of benzene rings is 1. The summed E-state index contributed by atoms with van der Waals surface area (Å²) in [6, 6.07) is 7.04. The zero-order valence-corrected chi connectivity index (χ0v) is 13.9. The summed E-state index contributed by atoms with van der Waals surface area (Å²) in [4.78, 5) is 31.4. The smallest absolute Gasteiger partial charge is 0.329 e. The third-order valence-corrected chi connectivity index (χ3v) is 3.23. The molecule has 2 aromatic rings. The van der Waals surface area contributed by atoms with E-state index in [2.05, 4.69) is 20.0 Å². The molecule has 0 radical (unpaired) electrons. The lowest BCUT2D eigenvalue weighted by Crippen LogP contribution is -2.28. The van der Waals surface area contributed by atoms with E-state index in [9.17, 15) is 14.9 Å². The molecule has 0 aliphatic carbocycles. The number of carbonyl (C=O) groups is 1. The van der Waals surface area contributed by atoms with Crippen molar-refractivity contribution < 1.29 is 19.2 Å². The van der Waals surface area contributed by atoms with Crippen molar-refractivity contribution >= 4 is 29.1 Å². The van der Waals surface area contributed by atoms with E-state index in [1.165, 1.54) is 19.1 Å². The molecular weight excluding hydrogens is 330 g/mol. The van der Waals surface area contributed by atoms with Gasteiger partial charge in [0.25, 0.3) is 0 Å². The Labute approximate surface area is 143 Å². The maximum absolute atomic E-state index is 11.4. The van der Waals surface area contributed by atoms with Crippen molar-refractivity contribution in [2.24, 2.45) is 0 Å². The van der Waals surface area contributed by atoms with E-state index >= 15 is 0 Å². The predicted octanol–water partition coefficient (Wildman–Crippen LogP) is 1.75. The van der Waals surface area contributed by atoms with Crippen molar-refractivity contribution in [1.29, 1.82) is 0 Å². The minimum absolute atomic E-state index is 0.00389. The van der Waals surface area contributed by atoms with Crippen molar-refractivity contribution in [2.75, 3.05) is 38.0 Å². The van der Waals surface area contributed by atoms with Crippen LogP contribution in [0.2, 0.25) is 0 Å². The number of ether oxygens (including phenoxy) is 2. The van der Waals surface area contributed by atoms with Crippen LogP contribution in [-0.2, 0) is 9.53 Å². The van der Waals surface area contributed by atoms with Gasteiger partial charge in [-0.3, -0.25) is 14.9 Å². The highest BCUT2D eigenvalue weighted by Gasteiger charge is 2.22. The SMILES string of the molecule is COC(=O)CN(C)c1nc(Nc2cccc(OC)c2)ncc1[N+](=O)[O-]. The van der Waals surface area contributed by atoms with Crippen molar-refractivity contribution in [3.05, 3.63) is 40.6 Å². The predicted molar refractivity (Wildman–Crippen MR) is 90.2 cm³/mol. The van der Waals surface area contributed by atoms with Gasteiger partial charge in [0.05, 0.1) is 19.1 Å². The highest BCUT2D eigenvalue weighted by Crippen LogP contribution is 2.27. The lowest BCUT2D eigenvalue weighted by atomic mass is 10.3. The van der Waals surface area contributed by atoms with Gasteiger partial charge in [0.1, 0.15) is 18.5 Å². The van der Waals surface area contributed by atoms with Gasteiger partial charge in [0.2, 0.25) is 11.8 Å². The molecule has 0 atom stereocenters. The molecule has 0 aliphatic rings. The fraction of sp³-hybridized carbons (Fsp3) is 0.267. The van der Waals surface area contributed by atoms with Crippen LogP contribution in [0.1, 0.15) is 0 Å². The first kappa shape index (κ1) is 17.9. The molecule has 0 aliphatic heterocycles. The van der Waals surface area contributed by atoms with Crippen molar-refractivity contribution in [2.45, 2.75) is 0 Å². The van der Waals surface area contributed by atoms with Crippen LogP contribution in [0.5, 0.6) is 5.75 Å². The number of hydrogen-bond acceptors (Lipinski definition) is 9. The van der Waals surface area contributed by atoms with Gasteiger partial charge in [-0.2, -0.15) is 4.98 Å². The van der Waals surface area contributed by atoms with Gasteiger partial charge in [0, 0.05) is 18.8 Å². The van der Waals surface area contributed by atoms with Crippen molar-refractivity contribution in [3.8, 4) is 5.75 Å². The Morgan fingerprint density at radius 1 is 1.40 bits per heavy atom. The highest BCUT2D eigenvalue weighted by molar-refractivity contribution is 5.76. The molecule has 1 aromatic carbocycles. The van der Waals surface area contributed by atoms with Crippen LogP contribution in [0.4, 0.5) is 23.1 Å². The Morgan fingerprint density at radius 3 is 2.80 bits per heavy atom. The minimum atomic E-state index is -0.613. The second kappa shape index (κ2) is 7.90. The summed E-state index contributed by atoms with van der Waals surface area (Å²) < 4.78 is 9.70. The molecule has 132 valence electrons. The van der Waals surface area contributed by atoms with Crippen LogP contribution in [0.3, 0.4) is 0 Å². The summed E-state index contributed by atoms with van der Waals surface area (Å²) in [5.74, 6) is 0.231. The number of nitro groups is 1. The first-order valence-corrected chi connectivity index (χ1v) is 7.15. The molecule has 0 saturated carbocycles. The van der Waals surface area contributed by atoms with Crippen LogP contribution in [0.25, 0.3) is 0 Å². The van der Waals surface area contributed by atoms with E-state index < -0.39 is 10.9 Å². The van der Waals surface area contributed by atoms with Crippen molar-refractivity contribution in [1.82, 2.24) is 9.97 Å². The first-order chi connectivity index (χ1) is 11.9. The quantitative estimate of drug-likeness (QED) is 0.453. The normalized spacial score (nSPS) is 10.0. The third-order valence-electron chi connectivity index (χ3n) is 3.23. The van der Waals surface area contributed by atoms with E-state index in [0.717, 1.165) is 6.20 Å². The number of methoxy groups -OCH3 is 2. The Bertz CT molecular complexity index is 783. The number of anilines is 3. The molecule has 2 rings (SSSR count). The summed E-state index contributed by atoms with van der Waals surface area (Å²) in [7, 11) is 4.28. The monoisotopic (exact) mass is 347 g/mol. The van der Waals surface area contributed by atoms with Gasteiger partial charge >= 0.3 is 11.7 Å². The number of esters is 1. The third kappa shape index (κ3) is 4.53. The molecule has 1 N–H and O–H groups in total. The summed E-state index contributed by atoms with van der Waals surface area (Å²) in [5, 5.41) is 14.1. The Balaban J connectivity index is 2.32. The number of nitrogens with zero attached hydrogens (tertiary/aromatic N) is 4. The molecule has 0 amide bonds. The van der Waals surface area contributed by atoms with Crippen LogP contribution >= 0.6 is 0 Å². The average Bonchev–Trinajstić information content (AvgIpc) is 2.61. The summed E-state index contributed by atoms with van der Waals surface area (Å²) in [6.45, 7) is -0.188. The molecule has 1 heterocycles. The average molecular weight is 347 g/mol. The topological polar surface area (TPSA) is 120 Å². The molecule has 1 aromatic heterocycles. The number of aromatic nitrogens is 2. The van der Waals surface area contributed by atoms with Crippen molar-refractivity contribution in [3.63, 3.8) is 0 Å². The van der Waals surface area contributed by atoms with Gasteiger partial charge in [0.15, 0.2) is 0 Å². The summed E-state index contributed by atoms with van der Waals surface area (Å²) in [6.07, 6.45) is 1.08. The second-order valence-electron chi connectivity index (χ2n) is 4.95. The van der Waals surface area contributed by atoms with E-state index in [4.69, 9.17) is 4.74 Å². The maximum Gasteiger partial charge on any atom is 0.329 e. The fourth-order valence-electron chi connectivity index (χ4n) is 2.00. The molecular formula is C15H17N5O5. The number of carbonyl (C=O) groups excluding carboxylic acids is 1. The molecule has 0 fully saturated rings. The van der Waals surface area contributed by atoms with Crippen LogP contribution < -0.4 is 15.0 Å². The largest absolute Gasteiger partial charge is 0.497 e. The van der Waals surface area contributed by atoms with Crippen LogP contribution in [0.15, 0.2) is 30.5 Å². The van der Waals surface area contributed by atoms with Gasteiger partial charge in [-0.25, -0.2) is 4.98 Å². The minimum Gasteiger partial charge on any atom is -0.497 e. The van der Waals surface area contributed by atoms with Gasteiger partial charge in [-0.05, 0) is 12.1 Å². The standard InChI is InChI=1S/C15H17N5O5/c1-19(9-13(21)25-3)14-12(20(22)23)8-16-15(18-14)17-10-5-4-6-11(7-10)24-2/h4-8H,9H2,1-3H3,(H,16,17,18). The Kier molecular flexibility index (Phi) is 5.66. The first-order valence-electron chi connectivity index (χ1n) is 7.15. The second-order valence-corrected chi connectivity index (χ2v) is 4.95. The molecule has 0 saturated heterocycles.